The first-order chi connectivity index (χ1) is 13.5. The summed E-state index contributed by atoms with van der Waals surface area (Å²) in [6, 6.07) is 16.9. The molecule has 0 spiro atoms. The fourth-order valence-electron chi connectivity index (χ4n) is 2.19. The van der Waals surface area contributed by atoms with Gasteiger partial charge in [0.05, 0.1) is 11.3 Å². The Balaban J connectivity index is 0.000000552. The molecule has 0 aliphatic heterocycles. The van der Waals surface area contributed by atoms with Crippen LogP contribution in [0.2, 0.25) is 0 Å². The van der Waals surface area contributed by atoms with Gasteiger partial charge in [0, 0.05) is 20.3 Å². The summed E-state index contributed by atoms with van der Waals surface area (Å²) in [7, 11) is 1.62. The highest BCUT2D eigenvalue weighted by molar-refractivity contribution is 6.00. The van der Waals surface area contributed by atoms with E-state index < -0.39 is 11.7 Å². The molecule has 2 aromatic carbocycles. The van der Waals surface area contributed by atoms with Crippen molar-refractivity contribution in [3.8, 4) is 0 Å². The van der Waals surface area contributed by atoms with Crippen LogP contribution >= 0.6 is 0 Å². The van der Waals surface area contributed by atoms with Crippen LogP contribution in [0.15, 0.2) is 65.8 Å². The SMILES string of the molecule is COCCCC/C(=N\OCCN)c1ccc(C(F)(F)F)cc1.c1ccccc1. The van der Waals surface area contributed by atoms with Crippen molar-refractivity contribution in [2.24, 2.45) is 10.9 Å². The minimum absolute atomic E-state index is 0.266. The average Bonchev–Trinajstić information content (AvgIpc) is 2.71. The molecule has 0 aliphatic rings. The minimum atomic E-state index is -4.34. The lowest BCUT2D eigenvalue weighted by Crippen LogP contribution is -2.09. The Morgan fingerprint density at radius 3 is 1.96 bits per heavy atom. The Labute approximate surface area is 164 Å². The summed E-state index contributed by atoms with van der Waals surface area (Å²) in [6.07, 6.45) is -2.10. The number of halogens is 3. The Bertz CT molecular complexity index is 633. The molecule has 4 nitrogen and oxygen atoms in total. The van der Waals surface area contributed by atoms with Gasteiger partial charge < -0.3 is 15.3 Å². The summed E-state index contributed by atoms with van der Waals surface area (Å²) in [4.78, 5) is 5.06. The summed E-state index contributed by atoms with van der Waals surface area (Å²) < 4.78 is 42.7. The van der Waals surface area contributed by atoms with Crippen LogP contribution in [0.4, 0.5) is 13.2 Å². The number of methoxy groups -OCH3 is 1. The molecule has 0 unspecified atom stereocenters. The van der Waals surface area contributed by atoms with E-state index in [1.807, 2.05) is 36.4 Å². The first kappa shape index (κ1) is 23.7. The van der Waals surface area contributed by atoms with Crippen molar-refractivity contribution in [1.82, 2.24) is 0 Å². The molecule has 0 aromatic heterocycles. The smallest absolute Gasteiger partial charge is 0.394 e. The molecule has 0 saturated heterocycles. The van der Waals surface area contributed by atoms with Gasteiger partial charge in [-0.2, -0.15) is 13.2 Å². The Hall–Kier alpha value is -2.38. The maximum Gasteiger partial charge on any atom is 0.416 e. The highest BCUT2D eigenvalue weighted by Gasteiger charge is 2.30. The van der Waals surface area contributed by atoms with Crippen molar-refractivity contribution in [2.75, 3.05) is 26.9 Å². The molecule has 2 N–H and O–H groups in total. The van der Waals surface area contributed by atoms with Gasteiger partial charge in [-0.1, -0.05) is 53.7 Å². The summed E-state index contributed by atoms with van der Waals surface area (Å²) in [6.45, 7) is 1.22. The largest absolute Gasteiger partial charge is 0.416 e. The van der Waals surface area contributed by atoms with Crippen LogP contribution in [0.3, 0.4) is 0 Å². The molecule has 0 radical (unpaired) electrons. The number of benzene rings is 2. The zero-order valence-corrected chi connectivity index (χ0v) is 16.0. The maximum atomic E-state index is 12.6. The molecular formula is C21H27F3N2O2. The van der Waals surface area contributed by atoms with Gasteiger partial charge >= 0.3 is 6.18 Å². The molecule has 0 aliphatic carbocycles. The van der Waals surface area contributed by atoms with Crippen LogP contribution in [0.1, 0.15) is 30.4 Å². The Morgan fingerprint density at radius 2 is 1.50 bits per heavy atom. The van der Waals surface area contributed by atoms with Gasteiger partial charge in [-0.25, -0.2) is 0 Å². The van der Waals surface area contributed by atoms with Crippen LogP contribution in [-0.2, 0) is 15.8 Å². The van der Waals surface area contributed by atoms with Gasteiger partial charge in [-0.3, -0.25) is 0 Å². The van der Waals surface area contributed by atoms with Gasteiger partial charge in [0.1, 0.15) is 6.61 Å². The van der Waals surface area contributed by atoms with Crippen molar-refractivity contribution in [2.45, 2.75) is 25.4 Å². The Morgan fingerprint density at radius 1 is 0.929 bits per heavy atom. The van der Waals surface area contributed by atoms with Crippen molar-refractivity contribution < 1.29 is 22.7 Å². The average molecular weight is 396 g/mol. The molecule has 0 fully saturated rings. The lowest BCUT2D eigenvalue weighted by Gasteiger charge is -2.10. The quantitative estimate of drug-likeness (QED) is 0.373. The number of unbranched alkanes of at least 4 members (excludes halogenated alkanes) is 1. The third-order valence-electron chi connectivity index (χ3n) is 3.61. The molecule has 7 heteroatoms. The highest BCUT2D eigenvalue weighted by atomic mass is 19.4. The van der Waals surface area contributed by atoms with E-state index in [-0.39, 0.29) is 6.61 Å². The number of nitrogens with two attached hydrogens (primary N) is 1. The normalized spacial score (nSPS) is 11.5. The van der Waals surface area contributed by atoms with E-state index in [1.165, 1.54) is 12.1 Å². The number of oxime groups is 1. The van der Waals surface area contributed by atoms with Gasteiger partial charge in [0.15, 0.2) is 0 Å². The Kier molecular flexibility index (Phi) is 11.6. The van der Waals surface area contributed by atoms with Gasteiger partial charge in [0.2, 0.25) is 0 Å². The molecule has 0 heterocycles. The topological polar surface area (TPSA) is 56.8 Å². The number of rotatable bonds is 9. The standard InChI is InChI=1S/C15H21F3N2O2.C6H6/c1-21-10-3-2-4-14(20-22-11-9-19)12-5-7-13(8-6-12)15(16,17)18;1-2-4-6-5-3-1/h5-8H,2-4,9-11,19H2,1H3;1-6H/b20-14+;. The molecule has 0 bridgehead atoms. The first-order valence-electron chi connectivity index (χ1n) is 9.04. The molecule has 2 rings (SSSR count). The number of ether oxygens (including phenoxy) is 1. The number of hydrogen-bond donors (Lipinski definition) is 1. The van der Waals surface area contributed by atoms with Gasteiger partial charge in [-0.05, 0) is 37.0 Å². The van der Waals surface area contributed by atoms with E-state index in [1.54, 1.807) is 7.11 Å². The van der Waals surface area contributed by atoms with E-state index in [2.05, 4.69) is 5.16 Å². The van der Waals surface area contributed by atoms with Gasteiger partial charge in [-0.15, -0.1) is 0 Å². The summed E-state index contributed by atoms with van der Waals surface area (Å²) in [5, 5.41) is 3.99. The molecule has 0 saturated carbocycles. The monoisotopic (exact) mass is 396 g/mol. The maximum absolute atomic E-state index is 12.6. The van der Waals surface area contributed by atoms with E-state index in [0.29, 0.717) is 30.8 Å². The first-order valence-corrected chi connectivity index (χ1v) is 9.04. The van der Waals surface area contributed by atoms with Crippen molar-refractivity contribution >= 4 is 5.71 Å². The fraction of sp³-hybridized carbons (Fsp3) is 0.381. The third kappa shape index (κ3) is 10.1. The molecule has 0 amide bonds. The second-order valence-corrected chi connectivity index (χ2v) is 5.84. The number of hydrogen-bond acceptors (Lipinski definition) is 4. The van der Waals surface area contributed by atoms with Crippen molar-refractivity contribution in [3.63, 3.8) is 0 Å². The summed E-state index contributed by atoms with van der Waals surface area (Å²) in [5.74, 6) is 0. The zero-order chi connectivity index (χ0) is 20.7. The minimum Gasteiger partial charge on any atom is -0.394 e. The van der Waals surface area contributed by atoms with Crippen LogP contribution in [0.25, 0.3) is 0 Å². The van der Waals surface area contributed by atoms with Gasteiger partial charge in [0.25, 0.3) is 0 Å². The summed E-state index contributed by atoms with van der Waals surface area (Å²) >= 11 is 0. The van der Waals surface area contributed by atoms with Crippen molar-refractivity contribution in [3.05, 3.63) is 71.8 Å². The second kappa shape index (κ2) is 13.7. The molecule has 154 valence electrons. The molecule has 0 atom stereocenters. The van der Waals surface area contributed by atoms with E-state index >= 15 is 0 Å². The third-order valence-corrected chi connectivity index (χ3v) is 3.61. The lowest BCUT2D eigenvalue weighted by molar-refractivity contribution is -0.137. The molecule has 2 aromatic rings. The molecular weight excluding hydrogens is 369 g/mol. The van der Waals surface area contributed by atoms with E-state index in [0.717, 1.165) is 25.0 Å². The predicted octanol–water partition coefficient (Wildman–Crippen LogP) is 4.89. The van der Waals surface area contributed by atoms with Crippen molar-refractivity contribution in [1.29, 1.82) is 0 Å². The summed E-state index contributed by atoms with van der Waals surface area (Å²) in [5.41, 5.74) is 5.87. The van der Waals surface area contributed by atoms with Crippen LogP contribution in [-0.4, -0.2) is 32.6 Å². The van der Waals surface area contributed by atoms with Crippen LogP contribution < -0.4 is 5.73 Å². The van der Waals surface area contributed by atoms with Crippen LogP contribution in [0.5, 0.6) is 0 Å². The fourth-order valence-corrected chi connectivity index (χ4v) is 2.19. The lowest BCUT2D eigenvalue weighted by atomic mass is 10.0. The van der Waals surface area contributed by atoms with E-state index in [4.69, 9.17) is 15.3 Å². The second-order valence-electron chi connectivity index (χ2n) is 5.84. The number of nitrogens with zero attached hydrogens (tertiary/aromatic N) is 1. The zero-order valence-electron chi connectivity index (χ0n) is 16.0. The predicted molar refractivity (Wildman–Crippen MR) is 105 cm³/mol. The molecule has 28 heavy (non-hydrogen) atoms. The number of alkyl halides is 3. The van der Waals surface area contributed by atoms with E-state index in [9.17, 15) is 13.2 Å². The highest BCUT2D eigenvalue weighted by Crippen LogP contribution is 2.29. The van der Waals surface area contributed by atoms with Crippen LogP contribution in [0, 0.1) is 0 Å².